The quantitative estimate of drug-likeness (QED) is 0.476. The number of ether oxygens (including phenoxy) is 1. The number of hydrogen-bond donors (Lipinski definition) is 1. The molecule has 0 unspecified atom stereocenters. The SMILES string of the molecule is COCCCSc1nc(C)nc(C)c1C(=O)O. The van der Waals surface area contributed by atoms with Gasteiger partial charge in [-0.3, -0.25) is 0 Å². The van der Waals surface area contributed by atoms with Crippen LogP contribution in [0.5, 0.6) is 0 Å². The van der Waals surface area contributed by atoms with E-state index in [9.17, 15) is 4.79 Å². The van der Waals surface area contributed by atoms with Gasteiger partial charge in [0.2, 0.25) is 0 Å². The maximum Gasteiger partial charge on any atom is 0.340 e. The van der Waals surface area contributed by atoms with E-state index in [4.69, 9.17) is 9.84 Å². The average Bonchev–Trinajstić information content (AvgIpc) is 2.22. The zero-order valence-electron chi connectivity index (χ0n) is 10.2. The molecule has 1 heterocycles. The molecule has 0 atom stereocenters. The molecular weight excluding hydrogens is 240 g/mol. The van der Waals surface area contributed by atoms with Crippen LogP contribution in [0.25, 0.3) is 0 Å². The van der Waals surface area contributed by atoms with E-state index >= 15 is 0 Å². The van der Waals surface area contributed by atoms with Crippen molar-refractivity contribution in [1.29, 1.82) is 0 Å². The number of aromatic carboxylic acids is 1. The molecule has 0 saturated carbocycles. The van der Waals surface area contributed by atoms with Crippen LogP contribution in [0, 0.1) is 13.8 Å². The topological polar surface area (TPSA) is 72.3 Å². The molecule has 5 nitrogen and oxygen atoms in total. The highest BCUT2D eigenvalue weighted by molar-refractivity contribution is 7.99. The third kappa shape index (κ3) is 3.98. The fourth-order valence-electron chi connectivity index (χ4n) is 1.40. The van der Waals surface area contributed by atoms with Gasteiger partial charge >= 0.3 is 5.97 Å². The Bertz CT molecular complexity index is 410. The van der Waals surface area contributed by atoms with Crippen molar-refractivity contribution in [2.24, 2.45) is 0 Å². The van der Waals surface area contributed by atoms with Gasteiger partial charge in [-0.1, -0.05) is 0 Å². The molecule has 0 bridgehead atoms. The number of hydrogen-bond acceptors (Lipinski definition) is 5. The third-order valence-electron chi connectivity index (χ3n) is 2.11. The van der Waals surface area contributed by atoms with Gasteiger partial charge < -0.3 is 9.84 Å². The minimum Gasteiger partial charge on any atom is -0.478 e. The summed E-state index contributed by atoms with van der Waals surface area (Å²) >= 11 is 1.43. The normalized spacial score (nSPS) is 10.5. The van der Waals surface area contributed by atoms with Crippen LogP contribution in [0.4, 0.5) is 0 Å². The molecule has 1 rings (SSSR count). The predicted molar refractivity (Wildman–Crippen MR) is 65.7 cm³/mol. The summed E-state index contributed by atoms with van der Waals surface area (Å²) in [6.07, 6.45) is 0.863. The highest BCUT2D eigenvalue weighted by Gasteiger charge is 2.16. The van der Waals surface area contributed by atoms with Gasteiger partial charge in [0.05, 0.1) is 5.69 Å². The van der Waals surface area contributed by atoms with Crippen molar-refractivity contribution in [3.05, 3.63) is 17.1 Å². The Morgan fingerprint density at radius 2 is 2.12 bits per heavy atom. The maximum atomic E-state index is 11.1. The van der Waals surface area contributed by atoms with E-state index in [-0.39, 0.29) is 5.56 Å². The van der Waals surface area contributed by atoms with E-state index < -0.39 is 5.97 Å². The van der Waals surface area contributed by atoms with Crippen LogP contribution in [-0.2, 0) is 4.74 Å². The van der Waals surface area contributed by atoms with E-state index in [0.29, 0.717) is 23.2 Å². The Kier molecular flexibility index (Phi) is 5.37. The van der Waals surface area contributed by atoms with Crippen LogP contribution in [-0.4, -0.2) is 40.5 Å². The van der Waals surface area contributed by atoms with Crippen molar-refractivity contribution >= 4 is 17.7 Å². The van der Waals surface area contributed by atoms with E-state index in [1.807, 2.05) is 0 Å². The van der Waals surface area contributed by atoms with Crippen LogP contribution in [0.1, 0.15) is 28.3 Å². The van der Waals surface area contributed by atoms with Crippen LogP contribution in [0.3, 0.4) is 0 Å². The van der Waals surface area contributed by atoms with Crippen molar-refractivity contribution in [2.75, 3.05) is 19.5 Å². The first-order valence-corrected chi connectivity index (χ1v) is 6.25. The van der Waals surface area contributed by atoms with Crippen LogP contribution < -0.4 is 0 Å². The number of aryl methyl sites for hydroxylation is 2. The van der Waals surface area contributed by atoms with Gasteiger partial charge in [-0.2, -0.15) is 0 Å². The molecule has 94 valence electrons. The van der Waals surface area contributed by atoms with Crippen molar-refractivity contribution in [2.45, 2.75) is 25.3 Å². The van der Waals surface area contributed by atoms with Gasteiger partial charge in [0, 0.05) is 19.5 Å². The number of thioether (sulfide) groups is 1. The van der Waals surface area contributed by atoms with Crippen molar-refractivity contribution in [3.63, 3.8) is 0 Å². The lowest BCUT2D eigenvalue weighted by molar-refractivity contribution is 0.0690. The molecule has 1 aromatic heterocycles. The van der Waals surface area contributed by atoms with Gasteiger partial charge in [-0.05, 0) is 20.3 Å². The summed E-state index contributed by atoms with van der Waals surface area (Å²) in [5.41, 5.74) is 0.720. The molecule has 0 radical (unpaired) electrons. The first-order chi connectivity index (χ1) is 8.06. The maximum absolute atomic E-state index is 11.1. The molecule has 6 heteroatoms. The van der Waals surface area contributed by atoms with Crippen molar-refractivity contribution in [3.8, 4) is 0 Å². The molecule has 0 aliphatic carbocycles. The minimum absolute atomic E-state index is 0.206. The van der Waals surface area contributed by atoms with Gasteiger partial charge in [-0.15, -0.1) is 11.8 Å². The highest BCUT2D eigenvalue weighted by Crippen LogP contribution is 2.23. The molecule has 1 N–H and O–H groups in total. The molecule has 1 aromatic rings. The molecule has 0 aliphatic rings. The Morgan fingerprint density at radius 1 is 1.41 bits per heavy atom. The van der Waals surface area contributed by atoms with Crippen LogP contribution >= 0.6 is 11.8 Å². The van der Waals surface area contributed by atoms with Gasteiger partial charge in [0.25, 0.3) is 0 Å². The summed E-state index contributed by atoms with van der Waals surface area (Å²) in [5, 5.41) is 9.66. The van der Waals surface area contributed by atoms with Crippen LogP contribution in [0.15, 0.2) is 5.03 Å². The highest BCUT2D eigenvalue weighted by atomic mass is 32.2. The third-order valence-corrected chi connectivity index (χ3v) is 3.18. The number of carboxylic acid groups (broad SMARTS) is 1. The summed E-state index contributed by atoms with van der Waals surface area (Å²) < 4.78 is 4.94. The Balaban J connectivity index is 2.85. The summed E-state index contributed by atoms with van der Waals surface area (Å²) in [7, 11) is 1.65. The lowest BCUT2D eigenvalue weighted by atomic mass is 10.2. The lowest BCUT2D eigenvalue weighted by Crippen LogP contribution is -2.08. The molecule has 0 fully saturated rings. The number of methoxy groups -OCH3 is 1. The monoisotopic (exact) mass is 256 g/mol. The molecule has 0 saturated heterocycles. The van der Waals surface area contributed by atoms with E-state index in [2.05, 4.69) is 9.97 Å². The average molecular weight is 256 g/mol. The zero-order valence-corrected chi connectivity index (χ0v) is 11.0. The zero-order chi connectivity index (χ0) is 12.8. The second-order valence-corrected chi connectivity index (χ2v) is 4.62. The summed E-state index contributed by atoms with van der Waals surface area (Å²) in [6, 6.07) is 0. The number of aromatic nitrogens is 2. The van der Waals surface area contributed by atoms with E-state index in [1.165, 1.54) is 11.8 Å². The van der Waals surface area contributed by atoms with E-state index in [0.717, 1.165) is 12.2 Å². The second-order valence-electron chi connectivity index (χ2n) is 3.54. The Morgan fingerprint density at radius 3 is 2.71 bits per heavy atom. The number of rotatable bonds is 6. The first kappa shape index (κ1) is 13.9. The number of carboxylic acids is 1. The Hall–Kier alpha value is -1.14. The fraction of sp³-hybridized carbons (Fsp3) is 0.545. The van der Waals surface area contributed by atoms with Gasteiger partial charge in [0.1, 0.15) is 16.4 Å². The van der Waals surface area contributed by atoms with Gasteiger partial charge in [-0.25, -0.2) is 14.8 Å². The van der Waals surface area contributed by atoms with Crippen molar-refractivity contribution in [1.82, 2.24) is 9.97 Å². The van der Waals surface area contributed by atoms with E-state index in [1.54, 1.807) is 21.0 Å². The summed E-state index contributed by atoms with van der Waals surface area (Å²) in [4.78, 5) is 19.4. The smallest absolute Gasteiger partial charge is 0.340 e. The standard InChI is InChI=1S/C11H16N2O3S/c1-7-9(11(14)15)10(13-8(2)12-7)17-6-4-5-16-3/h4-6H2,1-3H3,(H,14,15). The van der Waals surface area contributed by atoms with Crippen molar-refractivity contribution < 1.29 is 14.6 Å². The van der Waals surface area contributed by atoms with Crippen LogP contribution in [0.2, 0.25) is 0 Å². The molecule has 0 aliphatic heterocycles. The summed E-state index contributed by atoms with van der Waals surface area (Å²) in [6.45, 7) is 4.12. The van der Waals surface area contributed by atoms with Gasteiger partial charge in [0.15, 0.2) is 0 Å². The fourth-order valence-corrected chi connectivity index (χ4v) is 2.44. The molecular formula is C11H16N2O3S. The molecule has 0 aromatic carbocycles. The summed E-state index contributed by atoms with van der Waals surface area (Å²) in [5.74, 6) is 0.405. The largest absolute Gasteiger partial charge is 0.478 e. The number of carbonyl (C=O) groups is 1. The molecule has 0 amide bonds. The lowest BCUT2D eigenvalue weighted by Gasteiger charge is -2.08. The Labute approximate surface area is 105 Å². The first-order valence-electron chi connectivity index (χ1n) is 5.26. The molecule has 0 spiro atoms. The molecule has 17 heavy (non-hydrogen) atoms. The predicted octanol–water partition coefficient (Wildman–Crippen LogP) is 1.92. The minimum atomic E-state index is -0.975. The number of nitrogens with zero attached hydrogens (tertiary/aromatic N) is 2. The second kappa shape index (κ2) is 6.56.